The lowest BCUT2D eigenvalue weighted by Gasteiger charge is -2.41. The molecular formula is C25H28ClF2N5O2. The molecule has 0 radical (unpaired) electrons. The number of amides is 1. The maximum atomic E-state index is 15.4. The highest BCUT2D eigenvalue weighted by molar-refractivity contribution is 6.39. The number of piperidine rings is 1. The third-order valence-electron chi connectivity index (χ3n) is 7.15. The Morgan fingerprint density at radius 1 is 1.34 bits per heavy atom. The number of carbonyl (C=O) groups excluding carboxylic acids is 1. The number of allylic oxidation sites excluding steroid dienone is 1. The molecule has 1 aromatic carbocycles. The Morgan fingerprint density at radius 2 is 2.17 bits per heavy atom. The first-order chi connectivity index (χ1) is 16.9. The molecule has 4 atom stereocenters. The van der Waals surface area contributed by atoms with Crippen molar-refractivity contribution in [3.63, 3.8) is 0 Å². The zero-order chi connectivity index (χ0) is 24.7. The van der Waals surface area contributed by atoms with Gasteiger partial charge in [-0.05, 0) is 37.9 Å². The van der Waals surface area contributed by atoms with Crippen LogP contribution in [0.5, 0.6) is 5.75 Å². The minimum absolute atomic E-state index is 0.0437. The molecule has 2 bridgehead atoms. The van der Waals surface area contributed by atoms with Gasteiger partial charge in [-0.3, -0.25) is 9.69 Å². The number of likely N-dealkylation sites (tertiary alicyclic amines) is 1. The van der Waals surface area contributed by atoms with E-state index >= 15 is 4.39 Å². The van der Waals surface area contributed by atoms with Crippen LogP contribution in [0, 0.1) is 11.2 Å². The Bertz CT molecular complexity index is 1140. The molecule has 5 rings (SSSR count). The van der Waals surface area contributed by atoms with Crippen molar-refractivity contribution in [3.8, 4) is 5.75 Å². The summed E-state index contributed by atoms with van der Waals surface area (Å²) >= 11 is 5.88. The number of aliphatic imine (C=N–C) groups is 1. The van der Waals surface area contributed by atoms with Gasteiger partial charge >= 0.3 is 0 Å². The van der Waals surface area contributed by atoms with Crippen LogP contribution in [0.25, 0.3) is 0 Å². The summed E-state index contributed by atoms with van der Waals surface area (Å²) in [5, 5.41) is 11.7. The monoisotopic (exact) mass is 503 g/mol. The number of benzene rings is 1. The largest absolute Gasteiger partial charge is 0.486 e. The first kappa shape index (κ1) is 23.9. The molecule has 4 heterocycles. The first-order valence-electron chi connectivity index (χ1n) is 12.0. The quantitative estimate of drug-likeness (QED) is 0.636. The minimum atomic E-state index is -1.21. The van der Waals surface area contributed by atoms with Crippen LogP contribution in [0.1, 0.15) is 43.0 Å². The lowest BCUT2D eigenvalue weighted by atomic mass is 9.97. The third-order valence-corrected chi connectivity index (χ3v) is 7.36. The Labute approximate surface area is 208 Å². The van der Waals surface area contributed by atoms with Gasteiger partial charge in [0.25, 0.3) is 5.91 Å². The zero-order valence-electron chi connectivity index (χ0n) is 19.4. The van der Waals surface area contributed by atoms with E-state index in [1.54, 1.807) is 6.20 Å². The van der Waals surface area contributed by atoms with Crippen molar-refractivity contribution in [1.29, 1.82) is 5.41 Å². The normalized spacial score (nSPS) is 30.5. The fourth-order valence-corrected chi connectivity index (χ4v) is 5.63. The lowest BCUT2D eigenvalue weighted by Crippen LogP contribution is -2.54. The van der Waals surface area contributed by atoms with Crippen LogP contribution in [0.4, 0.5) is 8.78 Å². The van der Waals surface area contributed by atoms with Crippen LogP contribution in [0.3, 0.4) is 0 Å². The standard InChI is InChI=1S/C25H28ClF2N5O2/c1-2-7-33-16-4-6-20(33)23(28)22(9-16)35-21-8-15(27)3-5-17(21)25(34)32-12-18(19(29)13-32)24-30-10-14(26)11-31-24/h3,5,8,10-11,16,20,22-23,29-30H,2,4,6-7,9,12-13H2,1H3/b24-18+,29-19?/t16-,20+,22+,23?/m0/s1. The van der Waals surface area contributed by atoms with Gasteiger partial charge in [0, 0.05) is 42.6 Å². The second kappa shape index (κ2) is 9.70. The maximum absolute atomic E-state index is 15.4. The highest BCUT2D eigenvalue weighted by Gasteiger charge is 2.48. The molecule has 0 saturated carbocycles. The van der Waals surface area contributed by atoms with E-state index in [4.69, 9.17) is 21.7 Å². The number of nitrogens with zero attached hydrogens (tertiary/aromatic N) is 3. The molecule has 1 amide bonds. The van der Waals surface area contributed by atoms with Gasteiger partial charge in [-0.2, -0.15) is 0 Å². The number of hydrogen-bond acceptors (Lipinski definition) is 6. The van der Waals surface area contributed by atoms with Gasteiger partial charge in [0.05, 0.1) is 29.4 Å². The molecule has 1 unspecified atom stereocenters. The summed E-state index contributed by atoms with van der Waals surface area (Å²) in [6, 6.07) is 3.76. The fraction of sp³-hybridized carbons (Fsp3) is 0.480. The zero-order valence-corrected chi connectivity index (χ0v) is 20.2. The smallest absolute Gasteiger partial charge is 0.258 e. The summed E-state index contributed by atoms with van der Waals surface area (Å²) < 4.78 is 35.7. The third kappa shape index (κ3) is 4.59. The summed E-state index contributed by atoms with van der Waals surface area (Å²) in [5.41, 5.74) is 0.977. The van der Waals surface area contributed by atoms with Gasteiger partial charge in [-0.25, -0.2) is 13.8 Å². The molecule has 35 heavy (non-hydrogen) atoms. The highest BCUT2D eigenvalue weighted by Crippen LogP contribution is 2.39. The molecule has 0 aromatic heterocycles. The highest BCUT2D eigenvalue weighted by atomic mass is 35.5. The van der Waals surface area contributed by atoms with E-state index in [9.17, 15) is 9.18 Å². The molecule has 4 aliphatic heterocycles. The molecule has 0 aliphatic carbocycles. The van der Waals surface area contributed by atoms with E-state index in [0.29, 0.717) is 22.8 Å². The molecule has 1 aromatic rings. The SMILES string of the molecule is CCCN1[C@H]2CC[C@@H]1C(F)[C@H](Oc1cc(F)ccc1C(=O)N1CC(=N)/C(=C3/N=CC(Cl)=CN3)C1)C2. The second-order valence-electron chi connectivity index (χ2n) is 9.41. The van der Waals surface area contributed by atoms with Crippen molar-refractivity contribution in [3.05, 3.63) is 52.2 Å². The van der Waals surface area contributed by atoms with E-state index in [-0.39, 0.29) is 42.2 Å². The summed E-state index contributed by atoms with van der Waals surface area (Å²) in [4.78, 5) is 21.3. The van der Waals surface area contributed by atoms with E-state index in [0.717, 1.165) is 31.9 Å². The van der Waals surface area contributed by atoms with Gasteiger partial charge < -0.3 is 20.4 Å². The van der Waals surface area contributed by atoms with Crippen LogP contribution in [-0.2, 0) is 0 Å². The van der Waals surface area contributed by atoms with E-state index in [2.05, 4.69) is 22.1 Å². The van der Waals surface area contributed by atoms with Gasteiger partial charge in [0.1, 0.15) is 23.5 Å². The minimum Gasteiger partial charge on any atom is -0.486 e. The van der Waals surface area contributed by atoms with Crippen LogP contribution in [0.15, 0.2) is 45.8 Å². The number of rotatable bonds is 5. The van der Waals surface area contributed by atoms with Crippen molar-refractivity contribution in [2.45, 2.75) is 57.0 Å². The molecular weight excluding hydrogens is 476 g/mol. The van der Waals surface area contributed by atoms with Gasteiger partial charge in [-0.15, -0.1) is 0 Å². The average Bonchev–Trinajstić information content (AvgIpc) is 3.37. The average molecular weight is 504 g/mol. The summed E-state index contributed by atoms with van der Waals surface area (Å²) in [6.07, 6.45) is 4.25. The number of carbonyl (C=O) groups is 1. The van der Waals surface area contributed by atoms with Crippen molar-refractivity contribution < 1.29 is 18.3 Å². The number of alkyl halides is 1. The Balaban J connectivity index is 1.35. The van der Waals surface area contributed by atoms with Crippen molar-refractivity contribution in [2.75, 3.05) is 19.6 Å². The van der Waals surface area contributed by atoms with Crippen LogP contribution in [0.2, 0.25) is 0 Å². The van der Waals surface area contributed by atoms with E-state index < -0.39 is 24.0 Å². The molecule has 10 heteroatoms. The number of fused-ring (bicyclic) bond motifs is 2. The van der Waals surface area contributed by atoms with Gasteiger partial charge in [0.15, 0.2) is 6.17 Å². The first-order valence-corrected chi connectivity index (χ1v) is 12.4. The molecule has 3 fully saturated rings. The molecule has 0 spiro atoms. The van der Waals surface area contributed by atoms with E-state index in [1.165, 1.54) is 23.2 Å². The topological polar surface area (TPSA) is 81.0 Å². The van der Waals surface area contributed by atoms with Crippen molar-refractivity contribution in [2.24, 2.45) is 4.99 Å². The van der Waals surface area contributed by atoms with Crippen LogP contribution >= 0.6 is 11.6 Å². The fourth-order valence-electron chi connectivity index (χ4n) is 5.52. The Kier molecular flexibility index (Phi) is 6.63. The molecule has 7 nitrogen and oxygen atoms in total. The van der Waals surface area contributed by atoms with Crippen molar-refractivity contribution >= 4 is 29.4 Å². The Morgan fingerprint density at radius 3 is 2.91 bits per heavy atom. The molecule has 3 saturated heterocycles. The molecule has 186 valence electrons. The predicted molar refractivity (Wildman–Crippen MR) is 130 cm³/mol. The number of hydrogen-bond donors (Lipinski definition) is 2. The number of ether oxygens (including phenoxy) is 1. The van der Waals surface area contributed by atoms with Gasteiger partial charge in [0.2, 0.25) is 0 Å². The lowest BCUT2D eigenvalue weighted by molar-refractivity contribution is -0.0227. The van der Waals surface area contributed by atoms with Crippen LogP contribution in [-0.4, -0.2) is 71.6 Å². The molecule has 4 aliphatic rings. The van der Waals surface area contributed by atoms with E-state index in [1.807, 2.05) is 0 Å². The van der Waals surface area contributed by atoms with Crippen molar-refractivity contribution in [1.82, 2.24) is 15.1 Å². The van der Waals surface area contributed by atoms with Gasteiger partial charge in [-0.1, -0.05) is 18.5 Å². The Hall–Kier alpha value is -2.78. The number of halogens is 3. The summed E-state index contributed by atoms with van der Waals surface area (Å²) in [6.45, 7) is 3.17. The molecule has 2 N–H and O–H groups in total. The summed E-state index contributed by atoms with van der Waals surface area (Å²) in [5.74, 6) is -0.461. The predicted octanol–water partition coefficient (Wildman–Crippen LogP) is 4.00. The van der Waals surface area contributed by atoms with Crippen LogP contribution < -0.4 is 10.1 Å². The number of nitrogens with one attached hydrogen (secondary N) is 2. The summed E-state index contributed by atoms with van der Waals surface area (Å²) in [7, 11) is 0. The second-order valence-corrected chi connectivity index (χ2v) is 9.85. The maximum Gasteiger partial charge on any atom is 0.258 e.